The number of rotatable bonds is 1. The third kappa shape index (κ3) is 1.87. The molecule has 2 heterocycles. The van der Waals surface area contributed by atoms with E-state index in [1.54, 1.807) is 0 Å². The number of anilines is 1. The van der Waals surface area contributed by atoms with Gasteiger partial charge in [0.15, 0.2) is 12.0 Å². The fourth-order valence-corrected chi connectivity index (χ4v) is 1.62. The Morgan fingerprint density at radius 3 is 2.56 bits per heavy atom. The molecule has 1 aromatic rings. The maximum absolute atomic E-state index is 12.3. The number of carbonyl (C=O) groups excluding carboxylic acids is 1. The van der Waals surface area contributed by atoms with E-state index >= 15 is 0 Å². The summed E-state index contributed by atoms with van der Waals surface area (Å²) >= 11 is 5.60. The molecule has 18 heavy (non-hydrogen) atoms. The maximum Gasteiger partial charge on any atom is 0.452 e. The summed E-state index contributed by atoms with van der Waals surface area (Å²) in [5.74, 6) is -2.64. The van der Waals surface area contributed by atoms with Crippen LogP contribution in [-0.4, -0.2) is 22.4 Å². The van der Waals surface area contributed by atoms with Gasteiger partial charge in [0, 0.05) is 11.6 Å². The van der Waals surface area contributed by atoms with E-state index in [1.165, 1.54) is 6.92 Å². The lowest BCUT2D eigenvalue weighted by atomic mass is 10.3. The van der Waals surface area contributed by atoms with Gasteiger partial charge >= 0.3 is 6.18 Å². The lowest BCUT2D eigenvalue weighted by Gasteiger charge is -2.17. The Morgan fingerprint density at radius 1 is 1.56 bits per heavy atom. The highest BCUT2D eigenvalue weighted by Crippen LogP contribution is 2.35. The van der Waals surface area contributed by atoms with Crippen LogP contribution in [-0.2, 0) is 11.0 Å². The zero-order chi connectivity index (χ0) is 13.7. The average molecular weight is 283 g/mol. The highest BCUT2D eigenvalue weighted by Gasteiger charge is 2.41. The molecule has 1 amide bonds. The first-order valence-electron chi connectivity index (χ1n) is 4.65. The van der Waals surface area contributed by atoms with Crippen LogP contribution in [0.5, 0.6) is 0 Å². The van der Waals surface area contributed by atoms with Gasteiger partial charge < -0.3 is 9.63 Å². The van der Waals surface area contributed by atoms with Crippen LogP contribution >= 0.6 is 11.6 Å². The summed E-state index contributed by atoms with van der Waals surface area (Å²) in [6, 6.07) is 0.518. The van der Waals surface area contributed by atoms with E-state index in [0.717, 1.165) is 0 Å². The van der Waals surface area contributed by atoms with E-state index in [2.05, 4.69) is 9.68 Å². The van der Waals surface area contributed by atoms with Crippen LogP contribution in [0.25, 0.3) is 0 Å². The first kappa shape index (κ1) is 12.9. The van der Waals surface area contributed by atoms with E-state index in [1.807, 2.05) is 0 Å². The van der Waals surface area contributed by atoms with Crippen molar-refractivity contribution in [2.45, 2.75) is 19.3 Å². The Balaban J connectivity index is 2.35. The third-order valence-electron chi connectivity index (χ3n) is 2.41. The van der Waals surface area contributed by atoms with Crippen LogP contribution in [0.2, 0.25) is 0 Å². The molecule has 0 saturated carbocycles. The number of aliphatic hydroxyl groups excluding tert-OH is 1. The van der Waals surface area contributed by atoms with E-state index < -0.39 is 29.9 Å². The van der Waals surface area contributed by atoms with Crippen LogP contribution in [0, 0.1) is 0 Å². The van der Waals surface area contributed by atoms with E-state index in [4.69, 9.17) is 11.6 Å². The Hall–Kier alpha value is -1.54. The lowest BCUT2D eigenvalue weighted by Crippen LogP contribution is -2.35. The number of carbonyl (C=O) groups is 1. The van der Waals surface area contributed by atoms with Crippen molar-refractivity contribution < 1.29 is 27.6 Å². The van der Waals surface area contributed by atoms with Gasteiger partial charge in [-0.1, -0.05) is 16.8 Å². The number of hydrogen-bond donors (Lipinski definition) is 1. The smallest absolute Gasteiger partial charge is 0.369 e. The molecule has 9 heteroatoms. The molecule has 0 saturated heterocycles. The van der Waals surface area contributed by atoms with Crippen molar-refractivity contribution in [2.24, 2.45) is 0 Å². The first-order valence-corrected chi connectivity index (χ1v) is 5.03. The van der Waals surface area contributed by atoms with Gasteiger partial charge in [-0.15, -0.1) is 0 Å². The molecule has 1 aromatic heterocycles. The molecule has 1 N–H and O–H groups in total. The van der Waals surface area contributed by atoms with Gasteiger partial charge in [-0.05, 0) is 6.92 Å². The fourth-order valence-electron chi connectivity index (χ4n) is 1.43. The Bertz CT molecular complexity index is 537. The van der Waals surface area contributed by atoms with Gasteiger partial charge in [-0.2, -0.15) is 13.2 Å². The lowest BCUT2D eigenvalue weighted by molar-refractivity contribution is -0.155. The molecule has 98 valence electrons. The van der Waals surface area contributed by atoms with Crippen LogP contribution in [0.1, 0.15) is 12.7 Å². The molecule has 5 nitrogen and oxygen atoms in total. The molecular weight excluding hydrogens is 277 g/mol. The number of aromatic nitrogens is 1. The Kier molecular flexibility index (Phi) is 2.86. The highest BCUT2D eigenvalue weighted by molar-refractivity contribution is 6.45. The summed E-state index contributed by atoms with van der Waals surface area (Å²) in [6.07, 6.45) is -6.16. The number of alkyl halides is 3. The molecule has 0 radical (unpaired) electrons. The zero-order valence-corrected chi connectivity index (χ0v) is 9.58. The molecule has 2 rings (SSSR count). The summed E-state index contributed by atoms with van der Waals surface area (Å²) in [6.45, 7) is 1.38. The van der Waals surface area contributed by atoms with Gasteiger partial charge in [0.1, 0.15) is 5.03 Å². The second-order valence-corrected chi connectivity index (χ2v) is 3.97. The predicted molar refractivity (Wildman–Crippen MR) is 53.6 cm³/mol. The van der Waals surface area contributed by atoms with Crippen LogP contribution in [0.15, 0.2) is 21.2 Å². The van der Waals surface area contributed by atoms with Crippen molar-refractivity contribution in [1.29, 1.82) is 0 Å². The molecule has 0 fully saturated rings. The molecule has 1 aliphatic heterocycles. The number of hydrogen-bond acceptors (Lipinski definition) is 4. The van der Waals surface area contributed by atoms with Gasteiger partial charge in [-0.25, -0.2) is 0 Å². The quantitative estimate of drug-likeness (QED) is 0.854. The second kappa shape index (κ2) is 3.99. The molecule has 1 unspecified atom stereocenters. The van der Waals surface area contributed by atoms with Gasteiger partial charge in [0.05, 0.1) is 0 Å². The van der Waals surface area contributed by atoms with Crippen molar-refractivity contribution in [3.8, 4) is 0 Å². The molecule has 1 atom stereocenters. The van der Waals surface area contributed by atoms with Crippen LogP contribution in [0.4, 0.5) is 19.0 Å². The summed E-state index contributed by atoms with van der Waals surface area (Å²) in [5.41, 5.74) is 0.137. The first-order chi connectivity index (χ1) is 8.23. The van der Waals surface area contributed by atoms with Gasteiger partial charge in [0.2, 0.25) is 5.76 Å². The topological polar surface area (TPSA) is 66.6 Å². The van der Waals surface area contributed by atoms with Crippen molar-refractivity contribution in [2.75, 3.05) is 4.90 Å². The minimum absolute atomic E-state index is 0.137. The van der Waals surface area contributed by atoms with Gasteiger partial charge in [-0.3, -0.25) is 9.69 Å². The molecule has 1 aliphatic rings. The van der Waals surface area contributed by atoms with Crippen LogP contribution in [0.3, 0.4) is 0 Å². The maximum atomic E-state index is 12.3. The zero-order valence-electron chi connectivity index (χ0n) is 8.82. The normalized spacial score (nSPS) is 21.1. The standard InChI is InChI=1S/C9H6ClF3N2O3/c1-3-6(10)8(17)15(7(3)16)5-2-4(18-14-5)9(11,12)13/h2,7,16H,1H3. The largest absolute Gasteiger partial charge is 0.452 e. The summed E-state index contributed by atoms with van der Waals surface area (Å²) in [7, 11) is 0. The van der Waals surface area contributed by atoms with E-state index in [-0.39, 0.29) is 10.6 Å². The molecule has 0 aliphatic carbocycles. The van der Waals surface area contributed by atoms with E-state index in [0.29, 0.717) is 11.0 Å². The Morgan fingerprint density at radius 2 is 2.17 bits per heavy atom. The Labute approximate surface area is 103 Å². The van der Waals surface area contributed by atoms with Crippen LogP contribution < -0.4 is 4.90 Å². The summed E-state index contributed by atoms with van der Waals surface area (Å²) in [5, 5.41) is 12.5. The summed E-state index contributed by atoms with van der Waals surface area (Å²) < 4.78 is 41.0. The molecule has 0 aromatic carbocycles. The predicted octanol–water partition coefficient (Wildman–Crippen LogP) is 1.87. The number of amides is 1. The monoisotopic (exact) mass is 282 g/mol. The molecule has 0 spiro atoms. The van der Waals surface area contributed by atoms with Crippen molar-refractivity contribution in [1.82, 2.24) is 5.16 Å². The minimum Gasteiger partial charge on any atom is -0.369 e. The van der Waals surface area contributed by atoms with Gasteiger partial charge in [0.25, 0.3) is 5.91 Å². The fraction of sp³-hybridized carbons (Fsp3) is 0.333. The minimum atomic E-state index is -4.72. The SMILES string of the molecule is CC1=C(Cl)C(=O)N(c2cc(C(F)(F)F)on2)C1O. The van der Waals surface area contributed by atoms with Crippen molar-refractivity contribution in [3.05, 3.63) is 22.4 Å². The number of aliphatic hydroxyl groups is 1. The number of halogens is 4. The average Bonchev–Trinajstić information content (AvgIpc) is 2.81. The molecule has 0 bridgehead atoms. The van der Waals surface area contributed by atoms with E-state index in [9.17, 15) is 23.1 Å². The third-order valence-corrected chi connectivity index (χ3v) is 2.87. The summed E-state index contributed by atoms with van der Waals surface area (Å²) in [4.78, 5) is 12.2. The van der Waals surface area contributed by atoms with Crippen molar-refractivity contribution >= 4 is 23.3 Å². The highest BCUT2D eigenvalue weighted by atomic mass is 35.5. The second-order valence-electron chi connectivity index (χ2n) is 3.59. The molecular formula is C9H6ClF3N2O3. The van der Waals surface area contributed by atoms with Crippen molar-refractivity contribution in [3.63, 3.8) is 0 Å². The number of nitrogens with zero attached hydrogens (tertiary/aromatic N) is 2.